The van der Waals surface area contributed by atoms with Crippen LogP contribution in [0.5, 0.6) is 0 Å². The zero-order valence-corrected chi connectivity index (χ0v) is 12.0. The van der Waals surface area contributed by atoms with E-state index in [1.54, 1.807) is 19.9 Å². The van der Waals surface area contributed by atoms with E-state index in [2.05, 4.69) is 31.2 Å². The number of hydrogen-bond acceptors (Lipinski definition) is 3. The van der Waals surface area contributed by atoms with Gasteiger partial charge in [-0.25, -0.2) is 14.4 Å². The molecule has 0 fully saturated rings. The molecule has 1 aromatic carbocycles. The molecule has 19 heavy (non-hydrogen) atoms. The summed E-state index contributed by atoms with van der Waals surface area (Å²) in [5.74, 6) is -0.963. The average molecular weight is 324 g/mol. The molecule has 0 aliphatic rings. The molecule has 1 N–H and O–H groups in total. The fourth-order valence-corrected chi connectivity index (χ4v) is 1.87. The quantitative estimate of drug-likeness (QED) is 0.923. The van der Waals surface area contributed by atoms with Crippen LogP contribution < -0.4 is 5.32 Å². The van der Waals surface area contributed by atoms with Gasteiger partial charge in [-0.2, -0.15) is 0 Å². The van der Waals surface area contributed by atoms with Gasteiger partial charge in [0.05, 0.1) is 5.69 Å². The lowest BCUT2D eigenvalue weighted by atomic mass is 10.2. The molecule has 0 saturated carbocycles. The molecule has 1 heterocycles. The molecule has 2 aromatic rings. The number of amides is 1. The number of anilines is 1. The average Bonchev–Trinajstić information content (AvgIpc) is 2.36. The van der Waals surface area contributed by atoms with Crippen molar-refractivity contribution in [3.63, 3.8) is 0 Å². The third-order valence-corrected chi connectivity index (χ3v) is 3.22. The predicted molar refractivity (Wildman–Crippen MR) is 73.6 cm³/mol. The van der Waals surface area contributed by atoms with Crippen LogP contribution in [0.1, 0.15) is 21.7 Å². The van der Waals surface area contributed by atoms with E-state index in [4.69, 9.17) is 0 Å². The second kappa shape index (κ2) is 5.44. The minimum absolute atomic E-state index is 0.115. The lowest BCUT2D eigenvalue weighted by Crippen LogP contribution is -2.17. The summed E-state index contributed by atoms with van der Waals surface area (Å²) in [6.45, 7) is 3.54. The first kappa shape index (κ1) is 13.6. The molecule has 0 spiro atoms. The first-order valence-electron chi connectivity index (χ1n) is 5.53. The van der Waals surface area contributed by atoms with Crippen LogP contribution in [-0.4, -0.2) is 15.9 Å². The Morgan fingerprint density at radius 2 is 2.05 bits per heavy atom. The van der Waals surface area contributed by atoms with Crippen molar-refractivity contribution in [3.8, 4) is 0 Å². The summed E-state index contributed by atoms with van der Waals surface area (Å²) >= 11 is 3.16. The van der Waals surface area contributed by atoms with Crippen LogP contribution in [0.25, 0.3) is 0 Å². The number of carbonyl (C=O) groups excluding carboxylic acids is 1. The van der Waals surface area contributed by atoms with Crippen LogP contribution in [-0.2, 0) is 0 Å². The minimum atomic E-state index is -0.508. The maximum atomic E-state index is 13.6. The molecule has 0 aliphatic heterocycles. The molecule has 0 unspecified atom stereocenters. The van der Waals surface area contributed by atoms with Crippen molar-refractivity contribution in [1.29, 1.82) is 0 Å². The third-order valence-electron chi connectivity index (χ3n) is 2.73. The fourth-order valence-electron chi connectivity index (χ4n) is 1.54. The van der Waals surface area contributed by atoms with Gasteiger partial charge in [-0.15, -0.1) is 0 Å². The second-order valence-corrected chi connectivity index (χ2v) is 4.93. The molecule has 1 amide bonds. The maximum absolute atomic E-state index is 13.6. The van der Waals surface area contributed by atoms with Crippen LogP contribution in [0.3, 0.4) is 0 Å². The minimum Gasteiger partial charge on any atom is -0.318 e. The predicted octanol–water partition coefficient (Wildman–Crippen LogP) is 3.25. The van der Waals surface area contributed by atoms with Crippen molar-refractivity contribution >= 4 is 27.5 Å². The molecule has 0 aliphatic carbocycles. The maximum Gasteiger partial charge on any atom is 0.274 e. The normalized spacial score (nSPS) is 10.3. The largest absolute Gasteiger partial charge is 0.318 e. The number of carbonyl (C=O) groups is 1. The molecular formula is C13H11BrFN3O. The van der Waals surface area contributed by atoms with Gasteiger partial charge in [0.15, 0.2) is 0 Å². The Hall–Kier alpha value is -1.82. The van der Waals surface area contributed by atoms with Gasteiger partial charge in [0.25, 0.3) is 5.91 Å². The zero-order chi connectivity index (χ0) is 14.0. The van der Waals surface area contributed by atoms with Gasteiger partial charge in [-0.3, -0.25) is 4.79 Å². The Labute approximate surface area is 118 Å². The number of benzene rings is 1. The van der Waals surface area contributed by atoms with E-state index in [0.29, 0.717) is 10.0 Å². The SMILES string of the molecule is Cc1ncnc(C(=O)Nc2ccc(Br)cc2F)c1C. The molecule has 98 valence electrons. The summed E-state index contributed by atoms with van der Waals surface area (Å²) in [5.41, 5.74) is 1.76. The van der Waals surface area contributed by atoms with Crippen LogP contribution in [0.2, 0.25) is 0 Å². The van der Waals surface area contributed by atoms with E-state index in [9.17, 15) is 9.18 Å². The summed E-state index contributed by atoms with van der Waals surface area (Å²) in [5, 5.41) is 2.50. The lowest BCUT2D eigenvalue weighted by Gasteiger charge is -2.08. The van der Waals surface area contributed by atoms with Gasteiger partial charge in [-0.05, 0) is 32.0 Å². The third kappa shape index (κ3) is 2.96. The summed E-state index contributed by atoms with van der Waals surface area (Å²) in [6.07, 6.45) is 1.31. The molecule has 1 aromatic heterocycles. The Morgan fingerprint density at radius 3 is 2.74 bits per heavy atom. The van der Waals surface area contributed by atoms with Crippen molar-refractivity contribution in [2.75, 3.05) is 5.32 Å². The van der Waals surface area contributed by atoms with Crippen molar-refractivity contribution in [2.24, 2.45) is 0 Å². The Kier molecular flexibility index (Phi) is 3.90. The Bertz CT molecular complexity index is 646. The number of aromatic nitrogens is 2. The standard InChI is InChI=1S/C13H11BrFN3O/c1-7-8(2)16-6-17-12(7)13(19)18-11-4-3-9(14)5-10(11)15/h3-6H,1-2H3,(H,18,19). The first-order valence-corrected chi connectivity index (χ1v) is 6.33. The van der Waals surface area contributed by atoms with Crippen molar-refractivity contribution in [3.05, 3.63) is 51.8 Å². The van der Waals surface area contributed by atoms with E-state index in [0.717, 1.165) is 5.69 Å². The van der Waals surface area contributed by atoms with Gasteiger partial charge >= 0.3 is 0 Å². The molecule has 0 bridgehead atoms. The first-order chi connectivity index (χ1) is 8.99. The topological polar surface area (TPSA) is 54.9 Å². The number of nitrogens with zero attached hydrogens (tertiary/aromatic N) is 2. The number of aryl methyl sites for hydroxylation is 1. The summed E-state index contributed by atoms with van der Waals surface area (Å²) in [7, 11) is 0. The second-order valence-electron chi connectivity index (χ2n) is 4.01. The van der Waals surface area contributed by atoms with Crippen molar-refractivity contribution in [1.82, 2.24) is 9.97 Å². The highest BCUT2D eigenvalue weighted by Crippen LogP contribution is 2.20. The molecular weight excluding hydrogens is 313 g/mol. The lowest BCUT2D eigenvalue weighted by molar-refractivity contribution is 0.102. The molecule has 0 atom stereocenters. The molecule has 6 heteroatoms. The van der Waals surface area contributed by atoms with Crippen LogP contribution in [0.4, 0.5) is 10.1 Å². The van der Waals surface area contributed by atoms with Gasteiger partial charge in [0.2, 0.25) is 0 Å². The van der Waals surface area contributed by atoms with Crippen molar-refractivity contribution in [2.45, 2.75) is 13.8 Å². The van der Waals surface area contributed by atoms with E-state index >= 15 is 0 Å². The number of halogens is 2. The molecule has 2 rings (SSSR count). The van der Waals surface area contributed by atoms with Gasteiger partial charge < -0.3 is 5.32 Å². The highest BCUT2D eigenvalue weighted by atomic mass is 79.9. The van der Waals surface area contributed by atoms with Crippen molar-refractivity contribution < 1.29 is 9.18 Å². The highest BCUT2D eigenvalue weighted by Gasteiger charge is 2.14. The summed E-state index contributed by atoms with van der Waals surface area (Å²) in [4.78, 5) is 20.0. The van der Waals surface area contributed by atoms with E-state index < -0.39 is 11.7 Å². The van der Waals surface area contributed by atoms with Crippen LogP contribution >= 0.6 is 15.9 Å². The Morgan fingerprint density at radius 1 is 1.32 bits per heavy atom. The van der Waals surface area contributed by atoms with E-state index in [1.165, 1.54) is 18.5 Å². The number of nitrogens with one attached hydrogen (secondary N) is 1. The summed E-state index contributed by atoms with van der Waals surface area (Å²) in [6, 6.07) is 4.42. The fraction of sp³-hybridized carbons (Fsp3) is 0.154. The van der Waals surface area contributed by atoms with E-state index in [-0.39, 0.29) is 11.4 Å². The van der Waals surface area contributed by atoms with Gasteiger partial charge in [0, 0.05) is 15.7 Å². The molecule has 4 nitrogen and oxygen atoms in total. The Balaban J connectivity index is 2.28. The smallest absolute Gasteiger partial charge is 0.274 e. The monoisotopic (exact) mass is 323 g/mol. The molecule has 0 radical (unpaired) electrons. The highest BCUT2D eigenvalue weighted by molar-refractivity contribution is 9.10. The zero-order valence-electron chi connectivity index (χ0n) is 10.4. The number of rotatable bonds is 2. The summed E-state index contributed by atoms with van der Waals surface area (Å²) < 4.78 is 14.2. The van der Waals surface area contributed by atoms with E-state index in [1.807, 2.05) is 0 Å². The van der Waals surface area contributed by atoms with Crippen LogP contribution in [0, 0.1) is 19.7 Å². The van der Waals surface area contributed by atoms with Crippen LogP contribution in [0.15, 0.2) is 29.0 Å². The molecule has 0 saturated heterocycles. The van der Waals surface area contributed by atoms with Gasteiger partial charge in [-0.1, -0.05) is 15.9 Å². The number of hydrogen-bond donors (Lipinski definition) is 1. The van der Waals surface area contributed by atoms with Gasteiger partial charge in [0.1, 0.15) is 17.8 Å².